The number of hydrogen-bond acceptors (Lipinski definition) is 4. The van der Waals surface area contributed by atoms with Gasteiger partial charge >= 0.3 is 0 Å². The van der Waals surface area contributed by atoms with Gasteiger partial charge in [-0.25, -0.2) is 0 Å². The fourth-order valence-electron chi connectivity index (χ4n) is 2.53. The van der Waals surface area contributed by atoms with Crippen molar-refractivity contribution >= 4 is 0 Å². The van der Waals surface area contributed by atoms with E-state index in [0.29, 0.717) is 6.10 Å². The second kappa shape index (κ2) is 6.85. The van der Waals surface area contributed by atoms with Crippen molar-refractivity contribution in [3.63, 3.8) is 0 Å². The van der Waals surface area contributed by atoms with E-state index in [2.05, 4.69) is 20.8 Å². The molecule has 0 bridgehead atoms. The van der Waals surface area contributed by atoms with Crippen LogP contribution in [0.15, 0.2) is 0 Å². The topological polar surface area (TPSA) is 36.9 Å². The quantitative estimate of drug-likeness (QED) is 0.731. The summed E-state index contributed by atoms with van der Waals surface area (Å²) in [5.74, 6) is 0. The molecule has 0 aliphatic carbocycles. The van der Waals surface area contributed by atoms with Crippen LogP contribution in [0.25, 0.3) is 0 Å². The highest BCUT2D eigenvalue weighted by Gasteiger charge is 2.35. The Hall–Kier alpha value is -0.160. The summed E-state index contributed by atoms with van der Waals surface area (Å²) < 4.78 is 22.7. The smallest absolute Gasteiger partial charge is 0.107 e. The molecule has 3 unspecified atom stereocenters. The van der Waals surface area contributed by atoms with Gasteiger partial charge in [0, 0.05) is 19.6 Å². The third-order valence-corrected chi connectivity index (χ3v) is 3.49. The lowest BCUT2D eigenvalue weighted by molar-refractivity contribution is -0.213. The van der Waals surface area contributed by atoms with Gasteiger partial charge in [-0.05, 0) is 33.6 Å². The van der Waals surface area contributed by atoms with Crippen LogP contribution in [0.2, 0.25) is 0 Å². The van der Waals surface area contributed by atoms with Gasteiger partial charge in [0.1, 0.15) is 6.10 Å². The SMILES string of the molecule is CC(C)OC1COC1CC(C)OC1CCOCC1. The molecule has 2 saturated heterocycles. The fraction of sp³-hybridized carbons (Fsp3) is 1.00. The van der Waals surface area contributed by atoms with E-state index in [9.17, 15) is 0 Å². The molecule has 0 radical (unpaired) electrons. The summed E-state index contributed by atoms with van der Waals surface area (Å²) in [6.07, 6.45) is 4.29. The van der Waals surface area contributed by atoms with E-state index in [4.69, 9.17) is 18.9 Å². The summed E-state index contributed by atoms with van der Waals surface area (Å²) in [5.41, 5.74) is 0. The highest BCUT2D eigenvalue weighted by Crippen LogP contribution is 2.24. The van der Waals surface area contributed by atoms with Gasteiger partial charge in [-0.3, -0.25) is 0 Å². The van der Waals surface area contributed by atoms with Crippen LogP contribution < -0.4 is 0 Å². The molecule has 0 N–H and O–H groups in total. The Morgan fingerprint density at radius 3 is 2.39 bits per heavy atom. The Morgan fingerprint density at radius 2 is 1.83 bits per heavy atom. The summed E-state index contributed by atoms with van der Waals surface area (Å²) in [6.45, 7) is 8.65. The van der Waals surface area contributed by atoms with Crippen molar-refractivity contribution in [2.75, 3.05) is 19.8 Å². The molecule has 0 aromatic rings. The molecule has 18 heavy (non-hydrogen) atoms. The number of rotatable bonds is 6. The van der Waals surface area contributed by atoms with E-state index < -0.39 is 0 Å². The van der Waals surface area contributed by atoms with Crippen LogP contribution in [0.4, 0.5) is 0 Å². The maximum absolute atomic E-state index is 6.04. The first-order valence-corrected chi connectivity index (χ1v) is 7.15. The highest BCUT2D eigenvalue weighted by molar-refractivity contribution is 4.82. The van der Waals surface area contributed by atoms with E-state index in [0.717, 1.165) is 39.1 Å². The van der Waals surface area contributed by atoms with Crippen LogP contribution in [0.1, 0.15) is 40.0 Å². The van der Waals surface area contributed by atoms with Gasteiger partial charge in [0.25, 0.3) is 0 Å². The Morgan fingerprint density at radius 1 is 1.11 bits per heavy atom. The van der Waals surface area contributed by atoms with Crippen molar-refractivity contribution < 1.29 is 18.9 Å². The van der Waals surface area contributed by atoms with Crippen LogP contribution >= 0.6 is 0 Å². The van der Waals surface area contributed by atoms with Gasteiger partial charge in [0.2, 0.25) is 0 Å². The molecule has 0 spiro atoms. The lowest BCUT2D eigenvalue weighted by atomic mass is 10.0. The van der Waals surface area contributed by atoms with Gasteiger partial charge in [-0.15, -0.1) is 0 Å². The first kappa shape index (κ1) is 14.3. The first-order valence-electron chi connectivity index (χ1n) is 7.15. The van der Waals surface area contributed by atoms with Crippen LogP contribution in [0, 0.1) is 0 Å². The monoisotopic (exact) mass is 258 g/mol. The minimum absolute atomic E-state index is 0.210. The zero-order valence-corrected chi connectivity index (χ0v) is 11.8. The molecule has 0 aromatic heterocycles. The second-order valence-corrected chi connectivity index (χ2v) is 5.59. The third kappa shape index (κ3) is 4.19. The van der Waals surface area contributed by atoms with Gasteiger partial charge in [-0.1, -0.05) is 0 Å². The van der Waals surface area contributed by atoms with Gasteiger partial charge in [0.15, 0.2) is 0 Å². The molecule has 0 saturated carbocycles. The summed E-state index contributed by atoms with van der Waals surface area (Å²) in [4.78, 5) is 0. The second-order valence-electron chi connectivity index (χ2n) is 5.59. The van der Waals surface area contributed by atoms with Gasteiger partial charge in [0.05, 0.1) is 31.0 Å². The first-order chi connectivity index (χ1) is 8.65. The molecule has 106 valence electrons. The standard InChI is InChI=1S/C14H26O4/c1-10(2)17-14-9-16-13(14)8-11(3)18-12-4-6-15-7-5-12/h10-14H,4-9H2,1-3H3. The van der Waals surface area contributed by atoms with Crippen LogP contribution in [-0.2, 0) is 18.9 Å². The van der Waals surface area contributed by atoms with E-state index in [-0.39, 0.29) is 24.4 Å². The molecule has 0 amide bonds. The van der Waals surface area contributed by atoms with E-state index in [1.165, 1.54) is 0 Å². The largest absolute Gasteiger partial charge is 0.381 e. The lowest BCUT2D eigenvalue weighted by Crippen LogP contribution is -2.49. The van der Waals surface area contributed by atoms with Crippen LogP contribution in [0.5, 0.6) is 0 Å². The molecular weight excluding hydrogens is 232 g/mol. The Balaban J connectivity index is 1.65. The van der Waals surface area contributed by atoms with Crippen molar-refractivity contribution in [1.29, 1.82) is 0 Å². The normalized spacial score (nSPS) is 31.3. The Bertz CT molecular complexity index is 238. The minimum Gasteiger partial charge on any atom is -0.381 e. The van der Waals surface area contributed by atoms with Crippen molar-refractivity contribution in [2.45, 2.75) is 70.6 Å². The summed E-state index contributed by atoms with van der Waals surface area (Å²) in [6, 6.07) is 0. The predicted molar refractivity (Wildman–Crippen MR) is 68.8 cm³/mol. The molecular formula is C14H26O4. The van der Waals surface area contributed by atoms with Crippen molar-refractivity contribution in [2.24, 2.45) is 0 Å². The molecule has 3 atom stereocenters. The van der Waals surface area contributed by atoms with E-state index in [1.54, 1.807) is 0 Å². The molecule has 2 heterocycles. The molecule has 2 aliphatic heterocycles. The number of ether oxygens (including phenoxy) is 4. The van der Waals surface area contributed by atoms with Crippen molar-refractivity contribution in [3.8, 4) is 0 Å². The highest BCUT2D eigenvalue weighted by atomic mass is 16.6. The molecule has 2 aliphatic rings. The average molecular weight is 258 g/mol. The Kier molecular flexibility index (Phi) is 5.42. The average Bonchev–Trinajstić information content (AvgIpc) is 2.33. The number of hydrogen-bond donors (Lipinski definition) is 0. The Labute approximate surface area is 110 Å². The van der Waals surface area contributed by atoms with Crippen molar-refractivity contribution in [3.05, 3.63) is 0 Å². The third-order valence-electron chi connectivity index (χ3n) is 3.49. The molecule has 4 nitrogen and oxygen atoms in total. The zero-order valence-electron chi connectivity index (χ0n) is 11.8. The minimum atomic E-state index is 0.210. The molecule has 2 rings (SSSR count). The summed E-state index contributed by atoms with van der Waals surface area (Å²) in [5, 5.41) is 0. The van der Waals surface area contributed by atoms with E-state index >= 15 is 0 Å². The molecule has 4 heteroatoms. The molecule has 0 aromatic carbocycles. The van der Waals surface area contributed by atoms with Gasteiger partial charge in [-0.2, -0.15) is 0 Å². The fourth-order valence-corrected chi connectivity index (χ4v) is 2.53. The maximum Gasteiger partial charge on any atom is 0.107 e. The predicted octanol–water partition coefficient (Wildman–Crippen LogP) is 2.15. The van der Waals surface area contributed by atoms with Crippen molar-refractivity contribution in [1.82, 2.24) is 0 Å². The van der Waals surface area contributed by atoms with E-state index in [1.807, 2.05) is 0 Å². The summed E-state index contributed by atoms with van der Waals surface area (Å²) in [7, 11) is 0. The molecule has 2 fully saturated rings. The maximum atomic E-state index is 6.04. The zero-order chi connectivity index (χ0) is 13.0. The van der Waals surface area contributed by atoms with Crippen LogP contribution in [0.3, 0.4) is 0 Å². The van der Waals surface area contributed by atoms with Crippen LogP contribution in [-0.4, -0.2) is 50.3 Å². The van der Waals surface area contributed by atoms with Gasteiger partial charge < -0.3 is 18.9 Å². The lowest BCUT2D eigenvalue weighted by Gasteiger charge is -2.39. The summed E-state index contributed by atoms with van der Waals surface area (Å²) >= 11 is 0.